The predicted molar refractivity (Wildman–Crippen MR) is 102 cm³/mol. The highest BCUT2D eigenvalue weighted by Crippen LogP contribution is 2.18. The number of carbonyl (C=O) groups is 1. The van der Waals surface area contributed by atoms with Gasteiger partial charge in [-0.25, -0.2) is 4.68 Å². The number of carbonyl (C=O) groups excluding carboxylic acids is 1. The summed E-state index contributed by atoms with van der Waals surface area (Å²) in [6.07, 6.45) is 0. The molecule has 3 aromatic rings. The van der Waals surface area contributed by atoms with Crippen LogP contribution in [-0.2, 0) is 17.9 Å². The maximum Gasteiger partial charge on any atom is 0.267 e. The average molecular weight is 368 g/mol. The molecule has 0 radical (unpaired) electrons. The quantitative estimate of drug-likeness (QED) is 0.753. The van der Waals surface area contributed by atoms with Crippen LogP contribution in [0, 0.1) is 6.92 Å². The van der Waals surface area contributed by atoms with Crippen LogP contribution in [0.2, 0.25) is 5.02 Å². The third kappa shape index (κ3) is 4.58. The third-order valence-corrected chi connectivity index (χ3v) is 4.16. The van der Waals surface area contributed by atoms with Crippen molar-refractivity contribution in [3.8, 4) is 11.3 Å². The van der Waals surface area contributed by atoms with Gasteiger partial charge < -0.3 is 5.32 Å². The van der Waals surface area contributed by atoms with Gasteiger partial charge in [-0.05, 0) is 30.7 Å². The van der Waals surface area contributed by atoms with Crippen molar-refractivity contribution in [3.63, 3.8) is 0 Å². The van der Waals surface area contributed by atoms with E-state index < -0.39 is 0 Å². The molecule has 0 spiro atoms. The van der Waals surface area contributed by atoms with Crippen LogP contribution in [0.15, 0.2) is 65.5 Å². The standard InChI is InChI=1S/C20H18ClN3O2/c1-14-2-4-15(5-3-14)12-22-19(25)13-24-20(26)11-10-18(23-24)16-6-8-17(21)9-7-16/h2-11H,12-13H2,1H3,(H,22,25). The van der Waals surface area contributed by atoms with Crippen LogP contribution < -0.4 is 10.9 Å². The molecule has 1 aromatic heterocycles. The molecule has 1 amide bonds. The lowest BCUT2D eigenvalue weighted by atomic mass is 10.1. The molecule has 0 aliphatic heterocycles. The molecular formula is C20H18ClN3O2. The SMILES string of the molecule is Cc1ccc(CNC(=O)Cn2nc(-c3ccc(Cl)cc3)ccc2=O)cc1. The Morgan fingerprint density at radius 2 is 1.73 bits per heavy atom. The van der Waals surface area contributed by atoms with Crippen molar-refractivity contribution >= 4 is 17.5 Å². The average Bonchev–Trinajstić information content (AvgIpc) is 2.64. The summed E-state index contributed by atoms with van der Waals surface area (Å²) in [5.74, 6) is -0.270. The molecule has 0 atom stereocenters. The Hall–Kier alpha value is -2.92. The van der Waals surface area contributed by atoms with E-state index in [4.69, 9.17) is 11.6 Å². The molecule has 132 valence electrons. The molecule has 2 aromatic carbocycles. The van der Waals surface area contributed by atoms with E-state index in [9.17, 15) is 9.59 Å². The van der Waals surface area contributed by atoms with Crippen LogP contribution in [0.25, 0.3) is 11.3 Å². The predicted octanol–water partition coefficient (Wildman–Crippen LogP) is 3.19. The Bertz CT molecular complexity index is 964. The van der Waals surface area contributed by atoms with Crippen molar-refractivity contribution in [1.82, 2.24) is 15.1 Å². The number of aryl methyl sites for hydroxylation is 1. The molecule has 5 nitrogen and oxygen atoms in total. The van der Waals surface area contributed by atoms with Crippen LogP contribution in [0.3, 0.4) is 0 Å². The second kappa shape index (κ2) is 7.97. The Kier molecular flexibility index (Phi) is 5.49. The molecule has 6 heteroatoms. The van der Waals surface area contributed by atoms with E-state index in [0.29, 0.717) is 17.3 Å². The summed E-state index contributed by atoms with van der Waals surface area (Å²) in [6.45, 7) is 2.28. The first kappa shape index (κ1) is 17.9. The number of amides is 1. The summed E-state index contributed by atoms with van der Waals surface area (Å²) in [5.41, 5.74) is 3.26. The minimum atomic E-state index is -0.326. The van der Waals surface area contributed by atoms with Gasteiger partial charge in [-0.1, -0.05) is 53.6 Å². The number of hydrogen-bond donors (Lipinski definition) is 1. The van der Waals surface area contributed by atoms with Crippen LogP contribution in [0.4, 0.5) is 0 Å². The van der Waals surface area contributed by atoms with Crippen molar-refractivity contribution in [2.75, 3.05) is 0 Å². The fourth-order valence-electron chi connectivity index (χ4n) is 2.44. The van der Waals surface area contributed by atoms with E-state index >= 15 is 0 Å². The normalized spacial score (nSPS) is 10.5. The first-order valence-corrected chi connectivity index (χ1v) is 8.55. The van der Waals surface area contributed by atoms with Gasteiger partial charge in [-0.2, -0.15) is 5.10 Å². The molecule has 0 aliphatic rings. The number of nitrogens with zero attached hydrogens (tertiary/aromatic N) is 2. The summed E-state index contributed by atoms with van der Waals surface area (Å²) in [5, 5.41) is 7.71. The number of aromatic nitrogens is 2. The zero-order chi connectivity index (χ0) is 18.5. The molecule has 1 heterocycles. The highest BCUT2D eigenvalue weighted by atomic mass is 35.5. The van der Waals surface area contributed by atoms with Crippen molar-refractivity contribution in [3.05, 3.63) is 87.2 Å². The van der Waals surface area contributed by atoms with Gasteiger partial charge in [0.25, 0.3) is 5.56 Å². The highest BCUT2D eigenvalue weighted by Gasteiger charge is 2.08. The zero-order valence-corrected chi connectivity index (χ0v) is 15.0. The third-order valence-electron chi connectivity index (χ3n) is 3.91. The van der Waals surface area contributed by atoms with Gasteiger partial charge in [-0.3, -0.25) is 9.59 Å². The Morgan fingerprint density at radius 1 is 1.04 bits per heavy atom. The summed E-state index contributed by atoms with van der Waals surface area (Å²) < 4.78 is 1.16. The fraction of sp³-hybridized carbons (Fsp3) is 0.150. The number of rotatable bonds is 5. The van der Waals surface area contributed by atoms with Gasteiger partial charge in [0.15, 0.2) is 0 Å². The lowest BCUT2D eigenvalue weighted by Gasteiger charge is -2.09. The van der Waals surface area contributed by atoms with Gasteiger partial charge >= 0.3 is 0 Å². The Balaban J connectivity index is 1.69. The largest absolute Gasteiger partial charge is 0.350 e. The van der Waals surface area contributed by atoms with Crippen LogP contribution in [0.5, 0.6) is 0 Å². The summed E-state index contributed by atoms with van der Waals surface area (Å²) in [6, 6.07) is 18.1. The first-order chi connectivity index (χ1) is 12.5. The molecule has 0 aliphatic carbocycles. The van der Waals surface area contributed by atoms with Crippen LogP contribution in [-0.4, -0.2) is 15.7 Å². The number of nitrogens with one attached hydrogen (secondary N) is 1. The number of benzene rings is 2. The maximum atomic E-state index is 12.2. The molecule has 0 fully saturated rings. The second-order valence-corrected chi connectivity index (χ2v) is 6.42. The number of hydrogen-bond acceptors (Lipinski definition) is 3. The van der Waals surface area contributed by atoms with Crippen LogP contribution >= 0.6 is 11.6 Å². The monoisotopic (exact) mass is 367 g/mol. The maximum absolute atomic E-state index is 12.2. The summed E-state index contributed by atoms with van der Waals surface area (Å²) >= 11 is 5.89. The molecule has 0 saturated carbocycles. The van der Waals surface area contributed by atoms with E-state index in [0.717, 1.165) is 21.4 Å². The van der Waals surface area contributed by atoms with Gasteiger partial charge in [0, 0.05) is 23.2 Å². The van der Waals surface area contributed by atoms with Gasteiger partial charge in [0.05, 0.1) is 5.69 Å². The minimum absolute atomic E-state index is 0.133. The van der Waals surface area contributed by atoms with Crippen molar-refractivity contribution in [1.29, 1.82) is 0 Å². The molecular weight excluding hydrogens is 350 g/mol. The van der Waals surface area contributed by atoms with Crippen molar-refractivity contribution in [2.45, 2.75) is 20.0 Å². The molecule has 3 rings (SSSR count). The van der Waals surface area contributed by atoms with Gasteiger partial charge in [0.2, 0.25) is 5.91 Å². The lowest BCUT2D eigenvalue weighted by molar-refractivity contribution is -0.122. The minimum Gasteiger partial charge on any atom is -0.350 e. The van der Waals surface area contributed by atoms with E-state index in [-0.39, 0.29) is 18.0 Å². The summed E-state index contributed by atoms with van der Waals surface area (Å²) in [7, 11) is 0. The highest BCUT2D eigenvalue weighted by molar-refractivity contribution is 6.30. The molecule has 26 heavy (non-hydrogen) atoms. The Morgan fingerprint density at radius 3 is 2.42 bits per heavy atom. The first-order valence-electron chi connectivity index (χ1n) is 8.17. The van der Waals surface area contributed by atoms with Gasteiger partial charge in [-0.15, -0.1) is 0 Å². The summed E-state index contributed by atoms with van der Waals surface area (Å²) in [4.78, 5) is 24.2. The molecule has 0 unspecified atom stereocenters. The zero-order valence-electron chi connectivity index (χ0n) is 14.3. The van der Waals surface area contributed by atoms with Gasteiger partial charge in [0.1, 0.15) is 6.54 Å². The lowest BCUT2D eigenvalue weighted by Crippen LogP contribution is -2.33. The van der Waals surface area contributed by atoms with Crippen molar-refractivity contribution in [2.24, 2.45) is 0 Å². The van der Waals surface area contributed by atoms with E-state index in [1.54, 1.807) is 18.2 Å². The van der Waals surface area contributed by atoms with Crippen molar-refractivity contribution < 1.29 is 4.79 Å². The Labute approximate surface area is 156 Å². The van der Waals surface area contributed by atoms with E-state index in [1.165, 1.54) is 6.07 Å². The second-order valence-electron chi connectivity index (χ2n) is 5.98. The van der Waals surface area contributed by atoms with Crippen LogP contribution in [0.1, 0.15) is 11.1 Å². The molecule has 1 N–H and O–H groups in total. The topological polar surface area (TPSA) is 64.0 Å². The fourth-order valence-corrected chi connectivity index (χ4v) is 2.56. The van der Waals surface area contributed by atoms with E-state index in [2.05, 4.69) is 10.4 Å². The van der Waals surface area contributed by atoms with E-state index in [1.807, 2.05) is 43.3 Å². The number of halogens is 1. The smallest absolute Gasteiger partial charge is 0.267 e. The molecule has 0 bridgehead atoms. The molecule has 0 saturated heterocycles.